The standard InChI is InChI=1S/2C11H9N5O.CH4.5ClH.2K.2Pt/c2*17-9-7-10(15-5-1-3-12-15)14-11(8-9)16-6-2-4-13-16;;;;;;;;;;/h2*1-8H,(H,14,17);1H4;5*1H;;;;/q;;;;;;;;;;+2;+4/p-6. The second-order valence-electron chi connectivity index (χ2n) is 7.18. The topological polar surface area (TPSA) is 135 Å². The molecule has 0 aliphatic rings. The molecule has 6 aromatic rings. The van der Waals surface area contributed by atoms with E-state index in [4.69, 9.17) is 37.7 Å². The van der Waals surface area contributed by atoms with E-state index in [0.29, 0.717) is 23.3 Å². The monoisotopic (exact) mass is 1110 g/mol. The Morgan fingerprint density at radius 1 is 0.636 bits per heavy atom. The zero-order valence-corrected chi connectivity index (χ0v) is 36.7. The molecule has 0 unspecified atom stereocenters. The number of halogens is 5. The molecule has 0 saturated heterocycles. The zero-order valence-electron chi connectivity index (χ0n) is 22.1. The molecule has 0 aliphatic carbocycles. The van der Waals surface area contributed by atoms with Gasteiger partial charge in [-0.2, -0.15) is 10.2 Å². The summed E-state index contributed by atoms with van der Waals surface area (Å²) in [5.74, 6) is 2.17. The summed E-state index contributed by atoms with van der Waals surface area (Å²) >= 11 is 1.06. The van der Waals surface area contributed by atoms with Crippen molar-refractivity contribution in [2.45, 2.75) is 7.43 Å². The first-order chi connectivity index (χ1) is 20.7. The van der Waals surface area contributed by atoms with E-state index in [9.17, 15) is 9.59 Å². The number of hydrogen-bond donors (Lipinski definition) is 1. The van der Waals surface area contributed by atoms with Crippen LogP contribution in [0, 0.1) is 0 Å². The summed E-state index contributed by atoms with van der Waals surface area (Å²) in [7, 11) is 24.6. The van der Waals surface area contributed by atoms with E-state index < -0.39 is 11.9 Å². The van der Waals surface area contributed by atoms with Crippen LogP contribution in [-0.4, -0.2) is 107 Å². The summed E-state index contributed by atoms with van der Waals surface area (Å²) in [6.45, 7) is 0. The molecule has 0 spiro atoms. The van der Waals surface area contributed by atoms with Gasteiger partial charge in [0.2, 0.25) is 0 Å². The Morgan fingerprint density at radius 3 is 1.23 bits per heavy atom. The van der Waals surface area contributed by atoms with E-state index in [1.165, 1.54) is 96.8 Å². The molecule has 44 heavy (non-hydrogen) atoms. The van der Waals surface area contributed by atoms with Crippen molar-refractivity contribution in [2.75, 3.05) is 0 Å². The number of nitrogens with one attached hydrogen (secondary N) is 1. The number of aromatic amines is 1. The van der Waals surface area contributed by atoms with Crippen LogP contribution in [0.25, 0.3) is 23.3 Å². The predicted molar refractivity (Wildman–Crippen MR) is 169 cm³/mol. The Morgan fingerprint density at radius 2 is 0.932 bits per heavy atom. The molecular weight excluding hydrogens is 1090 g/mol. The molecule has 1 N–H and O–H groups in total. The van der Waals surface area contributed by atoms with Gasteiger partial charge in [0.05, 0.1) is 0 Å². The second-order valence-corrected chi connectivity index (χ2v) is 26.9. The number of hydrogen-bond acceptors (Lipinski definition) is 6. The van der Waals surface area contributed by atoms with Crippen LogP contribution < -0.4 is 15.8 Å². The van der Waals surface area contributed by atoms with Crippen molar-refractivity contribution in [1.29, 1.82) is 0 Å². The molecule has 0 saturated carbocycles. The Kier molecular flexibility index (Phi) is 22.6. The van der Waals surface area contributed by atoms with E-state index in [1.54, 1.807) is 102 Å². The van der Waals surface area contributed by atoms with Crippen LogP contribution in [0.3, 0.4) is 0 Å². The van der Waals surface area contributed by atoms with Gasteiger partial charge in [0, 0.05) is 60.9 Å². The van der Waals surface area contributed by atoms with Gasteiger partial charge in [-0.1, -0.05) is 7.43 Å². The van der Waals surface area contributed by atoms with Crippen LogP contribution >= 0.6 is 47.1 Å². The van der Waals surface area contributed by atoms with E-state index in [-0.39, 0.29) is 18.3 Å². The van der Waals surface area contributed by atoms with Crippen LogP contribution in [0.4, 0.5) is 0 Å². The van der Waals surface area contributed by atoms with E-state index in [2.05, 4.69) is 39.8 Å². The average molecular weight is 1120 g/mol. The van der Waals surface area contributed by atoms with Crippen LogP contribution in [0.2, 0.25) is 0 Å². The number of nitrogens with zero attached hydrogens (tertiary/aromatic N) is 9. The molecule has 232 valence electrons. The molecule has 21 heteroatoms. The van der Waals surface area contributed by atoms with Crippen molar-refractivity contribution >= 4 is 110 Å². The van der Waals surface area contributed by atoms with Gasteiger partial charge in [-0.25, -0.2) is 19.6 Å². The molecule has 6 rings (SSSR count). The van der Waals surface area contributed by atoms with Crippen LogP contribution in [0.15, 0.2) is 108 Å². The molecule has 0 amide bonds. The minimum absolute atomic E-state index is 0. The van der Waals surface area contributed by atoms with Crippen molar-refractivity contribution in [1.82, 2.24) is 49.1 Å². The molecule has 0 fully saturated rings. The third-order valence-electron chi connectivity index (χ3n) is 4.57. The summed E-state index contributed by atoms with van der Waals surface area (Å²) in [5.41, 5.74) is -0.226. The van der Waals surface area contributed by atoms with Crippen molar-refractivity contribution in [3.8, 4) is 23.3 Å². The summed E-state index contributed by atoms with van der Waals surface area (Å²) in [6, 6.07) is 13.0. The van der Waals surface area contributed by atoms with E-state index in [1.807, 2.05) is 0 Å². The molecule has 0 bridgehead atoms. The molecule has 0 aromatic carbocycles. The first-order valence-corrected chi connectivity index (χ1v) is 41.8. The Hall–Kier alpha value is 0.839. The molecule has 12 nitrogen and oxygen atoms in total. The van der Waals surface area contributed by atoms with Gasteiger partial charge in [-0.3, -0.25) is 9.59 Å². The Bertz CT molecular complexity index is 1470. The maximum absolute atomic E-state index is 11.6. The van der Waals surface area contributed by atoms with Crippen molar-refractivity contribution in [2.24, 2.45) is 0 Å². The summed E-state index contributed by atoms with van der Waals surface area (Å²) < 4.78 is 6.26. The van der Waals surface area contributed by atoms with Gasteiger partial charge >= 0.3 is 141 Å². The number of rotatable bonds is 4. The van der Waals surface area contributed by atoms with Gasteiger partial charge in [0.1, 0.15) is 11.6 Å². The van der Waals surface area contributed by atoms with Crippen molar-refractivity contribution in [3.05, 3.63) is 119 Å². The Labute approximate surface area is 332 Å². The first-order valence-electron chi connectivity index (χ1n) is 11.7. The fourth-order valence-corrected chi connectivity index (χ4v) is 3.11. The van der Waals surface area contributed by atoms with Crippen molar-refractivity contribution in [3.63, 3.8) is 0 Å². The molecule has 0 aliphatic heterocycles. The maximum atomic E-state index is 11.6. The number of pyridine rings is 2. The number of H-pyrrole nitrogens is 1. The SMILES string of the molecule is C.O=c1cc(-n2cccn2)[n-]c(-n2cccn2)c1.O=c1cc(-n2cccn2)[nH]c(-n2cccn2)c1.[Cl][Pt+].[Cl][Pt]([Cl])([Cl])[Cl].[K][K]. The van der Waals surface area contributed by atoms with Crippen LogP contribution in [0.1, 0.15) is 7.43 Å². The Balaban J connectivity index is 0.000000343. The molecule has 6 heterocycles. The third kappa shape index (κ3) is 15.8. The van der Waals surface area contributed by atoms with Gasteiger partial charge in [0.15, 0.2) is 10.9 Å². The molecule has 0 radical (unpaired) electrons. The third-order valence-corrected chi connectivity index (χ3v) is 4.57. The normalized spacial score (nSPS) is 10.2. The van der Waals surface area contributed by atoms with E-state index in [0.717, 1.165) is 0 Å². The van der Waals surface area contributed by atoms with Gasteiger partial charge in [-0.15, -0.1) is 0 Å². The van der Waals surface area contributed by atoms with Gasteiger partial charge in [0.25, 0.3) is 0 Å². The quantitative estimate of drug-likeness (QED) is 0.258. The predicted octanol–water partition coefficient (Wildman–Crippen LogP) is 4.44. The molecule has 6 aromatic heterocycles. The minimum atomic E-state index is -3.06. The number of aromatic nitrogens is 10. The van der Waals surface area contributed by atoms with E-state index >= 15 is 0 Å². The fourth-order valence-electron chi connectivity index (χ4n) is 3.11. The van der Waals surface area contributed by atoms with Crippen LogP contribution in [0.5, 0.6) is 0 Å². The van der Waals surface area contributed by atoms with Gasteiger partial charge < -0.3 is 19.3 Å². The summed E-state index contributed by atoms with van der Waals surface area (Å²) in [5, 5.41) is 16.2. The summed E-state index contributed by atoms with van der Waals surface area (Å²) in [6.07, 6.45) is 13.6. The first kappa shape index (κ1) is 42.9. The summed E-state index contributed by atoms with van der Waals surface area (Å²) in [4.78, 5) is 30.6. The fraction of sp³-hybridized carbons (Fsp3) is 0.0435. The van der Waals surface area contributed by atoms with Crippen molar-refractivity contribution < 1.29 is 30.7 Å². The van der Waals surface area contributed by atoms with Gasteiger partial charge in [-0.05, 0) is 48.8 Å². The molecular formula is C23H21Cl5K2N10O2Pt2. The zero-order chi connectivity index (χ0) is 31.8. The van der Waals surface area contributed by atoms with Crippen LogP contribution in [-0.2, 0) is 30.7 Å². The molecule has 0 atom stereocenters. The second kappa shape index (κ2) is 23.2. The average Bonchev–Trinajstić information content (AvgIpc) is 3.81.